The summed E-state index contributed by atoms with van der Waals surface area (Å²) in [5.74, 6) is 5.02. The first-order valence-corrected chi connectivity index (χ1v) is 4.40. The lowest BCUT2D eigenvalue weighted by Crippen LogP contribution is -1.92. The molecule has 1 aromatic heterocycles. The van der Waals surface area contributed by atoms with Crippen molar-refractivity contribution < 1.29 is 0 Å². The number of hydrogen-bond acceptors (Lipinski definition) is 2. The van der Waals surface area contributed by atoms with E-state index in [1.807, 2.05) is 30.3 Å². The zero-order chi connectivity index (χ0) is 10.5. The van der Waals surface area contributed by atoms with Crippen molar-refractivity contribution in [3.05, 3.63) is 48.3 Å². The van der Waals surface area contributed by atoms with E-state index in [9.17, 15) is 0 Å². The van der Waals surface area contributed by atoms with Crippen LogP contribution in [-0.4, -0.2) is 9.78 Å². The second-order valence-electron chi connectivity index (χ2n) is 2.87. The van der Waals surface area contributed by atoms with E-state index in [0.717, 1.165) is 11.3 Å². The summed E-state index contributed by atoms with van der Waals surface area (Å²) in [6.45, 7) is 0. The molecule has 15 heavy (non-hydrogen) atoms. The van der Waals surface area contributed by atoms with Gasteiger partial charge in [-0.15, -0.1) is 0 Å². The van der Waals surface area contributed by atoms with Gasteiger partial charge < -0.3 is 0 Å². The molecule has 0 aliphatic heterocycles. The van der Waals surface area contributed by atoms with Gasteiger partial charge in [0.1, 0.15) is 0 Å². The van der Waals surface area contributed by atoms with Crippen LogP contribution in [0, 0.1) is 23.2 Å². The molecule has 0 unspecified atom stereocenters. The first-order chi connectivity index (χ1) is 7.40. The highest BCUT2D eigenvalue weighted by atomic mass is 15.3. The SMILES string of the molecule is N#CC#Cc1cnn(-c2ccccc2)c1. The molecule has 2 aromatic rings. The van der Waals surface area contributed by atoms with Crippen molar-refractivity contribution in [1.82, 2.24) is 9.78 Å². The molecule has 1 heterocycles. The van der Waals surface area contributed by atoms with Gasteiger partial charge in [0.25, 0.3) is 0 Å². The maximum atomic E-state index is 8.30. The maximum absolute atomic E-state index is 8.30. The van der Waals surface area contributed by atoms with Gasteiger partial charge in [0, 0.05) is 12.1 Å². The summed E-state index contributed by atoms with van der Waals surface area (Å²) in [4.78, 5) is 0. The molecule has 3 heteroatoms. The number of nitrogens with zero attached hydrogens (tertiary/aromatic N) is 3. The van der Waals surface area contributed by atoms with Crippen molar-refractivity contribution in [2.45, 2.75) is 0 Å². The average molecular weight is 193 g/mol. The van der Waals surface area contributed by atoms with Crippen LogP contribution in [0.15, 0.2) is 42.7 Å². The van der Waals surface area contributed by atoms with Gasteiger partial charge in [0.2, 0.25) is 0 Å². The standard InChI is InChI=1S/C12H7N3/c13-8-4-5-11-9-14-15(10-11)12-6-2-1-3-7-12/h1-3,6-7,9-10H. The fourth-order valence-electron chi connectivity index (χ4n) is 1.21. The topological polar surface area (TPSA) is 41.6 Å². The van der Waals surface area contributed by atoms with Crippen molar-refractivity contribution >= 4 is 0 Å². The monoisotopic (exact) mass is 193 g/mol. The van der Waals surface area contributed by atoms with Gasteiger partial charge in [0.15, 0.2) is 6.07 Å². The zero-order valence-corrected chi connectivity index (χ0v) is 7.88. The van der Waals surface area contributed by atoms with Crippen LogP contribution in [0.2, 0.25) is 0 Å². The lowest BCUT2D eigenvalue weighted by atomic mass is 10.3. The fraction of sp³-hybridized carbons (Fsp3) is 0. The Morgan fingerprint density at radius 1 is 1.20 bits per heavy atom. The smallest absolute Gasteiger partial charge is 0.152 e. The van der Waals surface area contributed by atoms with Gasteiger partial charge in [-0.3, -0.25) is 0 Å². The lowest BCUT2D eigenvalue weighted by molar-refractivity contribution is 0.880. The summed E-state index contributed by atoms with van der Waals surface area (Å²) in [5, 5.41) is 12.4. The van der Waals surface area contributed by atoms with Crippen molar-refractivity contribution in [1.29, 1.82) is 5.26 Å². The van der Waals surface area contributed by atoms with E-state index >= 15 is 0 Å². The molecule has 0 N–H and O–H groups in total. The van der Waals surface area contributed by atoms with Crippen molar-refractivity contribution in [2.75, 3.05) is 0 Å². The Bertz CT molecular complexity index is 550. The van der Waals surface area contributed by atoms with Gasteiger partial charge in [0.05, 0.1) is 17.4 Å². The quantitative estimate of drug-likeness (QED) is 0.647. The lowest BCUT2D eigenvalue weighted by Gasteiger charge is -1.97. The Kier molecular flexibility index (Phi) is 2.49. The summed E-state index contributed by atoms with van der Waals surface area (Å²) >= 11 is 0. The summed E-state index contributed by atoms with van der Waals surface area (Å²) in [6, 6.07) is 11.5. The Hall–Kier alpha value is -2.52. The molecule has 0 aliphatic carbocycles. The van der Waals surface area contributed by atoms with E-state index in [0.29, 0.717) is 0 Å². The molecule has 0 saturated heterocycles. The minimum Gasteiger partial charge on any atom is -0.240 e. The Balaban J connectivity index is 2.33. The molecule has 2 rings (SSSR count). The highest BCUT2D eigenvalue weighted by Gasteiger charge is 1.96. The van der Waals surface area contributed by atoms with Crippen molar-refractivity contribution in [3.8, 4) is 23.6 Å². The number of benzene rings is 1. The van der Waals surface area contributed by atoms with Crippen LogP contribution >= 0.6 is 0 Å². The molecular formula is C12H7N3. The van der Waals surface area contributed by atoms with E-state index in [1.54, 1.807) is 23.1 Å². The second-order valence-corrected chi connectivity index (χ2v) is 2.87. The third-order valence-electron chi connectivity index (χ3n) is 1.87. The summed E-state index contributed by atoms with van der Waals surface area (Å²) in [6.07, 6.45) is 3.43. The van der Waals surface area contributed by atoms with Crippen LogP contribution in [0.4, 0.5) is 0 Å². The molecule has 0 saturated carbocycles. The second kappa shape index (κ2) is 4.13. The highest BCUT2D eigenvalue weighted by molar-refractivity contribution is 5.38. The van der Waals surface area contributed by atoms with Gasteiger partial charge in [-0.2, -0.15) is 10.4 Å². The molecule has 0 fully saturated rings. The van der Waals surface area contributed by atoms with Crippen molar-refractivity contribution in [2.24, 2.45) is 0 Å². The normalized spacial score (nSPS) is 8.73. The van der Waals surface area contributed by atoms with Crippen LogP contribution in [0.1, 0.15) is 5.56 Å². The average Bonchev–Trinajstić information content (AvgIpc) is 2.76. The summed E-state index contributed by atoms with van der Waals surface area (Å²) in [5.41, 5.74) is 1.71. The zero-order valence-electron chi connectivity index (χ0n) is 7.88. The van der Waals surface area contributed by atoms with E-state index in [1.165, 1.54) is 0 Å². The largest absolute Gasteiger partial charge is 0.240 e. The van der Waals surface area contributed by atoms with E-state index in [-0.39, 0.29) is 0 Å². The van der Waals surface area contributed by atoms with Gasteiger partial charge in [-0.1, -0.05) is 18.2 Å². The molecule has 1 aromatic carbocycles. The molecule has 0 bridgehead atoms. The predicted octanol–water partition coefficient (Wildman–Crippen LogP) is 1.75. The van der Waals surface area contributed by atoms with Crippen molar-refractivity contribution in [3.63, 3.8) is 0 Å². The molecule has 0 amide bonds. The maximum Gasteiger partial charge on any atom is 0.152 e. The number of hydrogen-bond donors (Lipinski definition) is 0. The van der Waals surface area contributed by atoms with Gasteiger partial charge in [-0.05, 0) is 18.1 Å². The molecule has 0 aliphatic rings. The van der Waals surface area contributed by atoms with E-state index < -0.39 is 0 Å². The first kappa shape index (κ1) is 9.05. The summed E-state index contributed by atoms with van der Waals surface area (Å²) in [7, 11) is 0. The van der Waals surface area contributed by atoms with Crippen LogP contribution in [0.5, 0.6) is 0 Å². The highest BCUT2D eigenvalue weighted by Crippen LogP contribution is 2.06. The first-order valence-electron chi connectivity index (χ1n) is 4.40. The number of rotatable bonds is 1. The van der Waals surface area contributed by atoms with E-state index in [4.69, 9.17) is 5.26 Å². The predicted molar refractivity (Wildman–Crippen MR) is 56.1 cm³/mol. The van der Waals surface area contributed by atoms with Gasteiger partial charge in [-0.25, -0.2) is 4.68 Å². The third kappa shape index (κ3) is 2.04. The van der Waals surface area contributed by atoms with Gasteiger partial charge >= 0.3 is 0 Å². The number of aromatic nitrogens is 2. The third-order valence-corrected chi connectivity index (χ3v) is 1.87. The van der Waals surface area contributed by atoms with Crippen LogP contribution in [0.3, 0.4) is 0 Å². The van der Waals surface area contributed by atoms with E-state index in [2.05, 4.69) is 16.9 Å². The van der Waals surface area contributed by atoms with Crippen LogP contribution in [-0.2, 0) is 0 Å². The molecular weight excluding hydrogens is 186 g/mol. The fourth-order valence-corrected chi connectivity index (χ4v) is 1.21. The number of nitriles is 1. The van der Waals surface area contributed by atoms with Crippen LogP contribution in [0.25, 0.3) is 5.69 Å². The number of para-hydroxylation sites is 1. The summed E-state index contributed by atoms with van der Waals surface area (Å²) < 4.78 is 1.72. The molecule has 70 valence electrons. The Morgan fingerprint density at radius 2 is 2.00 bits per heavy atom. The molecule has 0 spiro atoms. The molecule has 3 nitrogen and oxygen atoms in total. The molecule has 0 radical (unpaired) electrons. The minimum atomic E-state index is 0.736. The van der Waals surface area contributed by atoms with Crippen LogP contribution < -0.4 is 0 Å². The molecule has 0 atom stereocenters. The minimum absolute atomic E-state index is 0.736. The Labute approximate surface area is 87.6 Å². The Morgan fingerprint density at radius 3 is 2.73 bits per heavy atom.